The number of carbonyl (C=O) groups excluding carboxylic acids is 2. The van der Waals surface area contributed by atoms with Gasteiger partial charge >= 0.3 is 0 Å². The molecule has 3 aromatic rings. The van der Waals surface area contributed by atoms with Gasteiger partial charge in [0.05, 0.1) is 23.4 Å². The average Bonchev–Trinajstić information content (AvgIpc) is 3.47. The molecule has 1 heterocycles. The van der Waals surface area contributed by atoms with Crippen LogP contribution in [0.3, 0.4) is 0 Å². The predicted octanol–water partition coefficient (Wildman–Crippen LogP) is 5.27. The molecule has 7 heteroatoms. The Hall–Kier alpha value is -3.84. The third kappa shape index (κ3) is 6.31. The molecule has 2 aliphatic rings. The number of likely N-dealkylation sites (N-methyl/N-ethyl adjacent to an activating group) is 1. The first-order valence-corrected chi connectivity index (χ1v) is 14.1. The summed E-state index contributed by atoms with van der Waals surface area (Å²) in [5, 5.41) is 14.2. The van der Waals surface area contributed by atoms with Crippen LogP contribution in [0.25, 0.3) is 0 Å². The summed E-state index contributed by atoms with van der Waals surface area (Å²) in [5.74, 6) is -1.40. The predicted molar refractivity (Wildman–Crippen MR) is 155 cm³/mol. The van der Waals surface area contributed by atoms with Gasteiger partial charge in [0, 0.05) is 18.2 Å². The monoisotopic (exact) mass is 541 g/mol. The number of carbonyl (C=O) groups is 2. The quantitative estimate of drug-likeness (QED) is 0.387. The van der Waals surface area contributed by atoms with Crippen LogP contribution in [0.4, 0.5) is 10.1 Å². The summed E-state index contributed by atoms with van der Waals surface area (Å²) < 4.78 is 13.7. The summed E-state index contributed by atoms with van der Waals surface area (Å²) in [6.07, 6.45) is 4.00. The topological polar surface area (TPSA) is 82.0 Å². The van der Waals surface area contributed by atoms with E-state index in [2.05, 4.69) is 5.32 Å². The molecule has 5 rings (SSSR count). The maximum absolute atomic E-state index is 13.8. The number of benzodiazepines with no additional fused rings is 1. The first-order valence-electron chi connectivity index (χ1n) is 14.1. The molecule has 40 heavy (non-hydrogen) atoms. The second kappa shape index (κ2) is 12.6. The fourth-order valence-electron chi connectivity index (χ4n) is 5.90. The smallest absolute Gasteiger partial charge is 0.272 e. The molecule has 1 fully saturated rings. The van der Waals surface area contributed by atoms with Crippen molar-refractivity contribution in [3.05, 3.63) is 101 Å². The lowest BCUT2D eigenvalue weighted by Gasteiger charge is -2.27. The molecular weight excluding hydrogens is 505 g/mol. The maximum Gasteiger partial charge on any atom is 0.272 e. The Balaban J connectivity index is 1.42. The average molecular weight is 542 g/mol. The largest absolute Gasteiger partial charge is 0.392 e. The second-order valence-corrected chi connectivity index (χ2v) is 10.9. The van der Waals surface area contributed by atoms with Crippen molar-refractivity contribution in [3.63, 3.8) is 0 Å². The number of anilines is 1. The lowest BCUT2D eigenvalue weighted by molar-refractivity contribution is -0.133. The van der Waals surface area contributed by atoms with E-state index in [1.807, 2.05) is 54.6 Å². The Morgan fingerprint density at radius 3 is 2.42 bits per heavy atom. The van der Waals surface area contributed by atoms with Crippen LogP contribution < -0.4 is 10.2 Å². The van der Waals surface area contributed by atoms with Crippen LogP contribution in [0.15, 0.2) is 83.9 Å². The van der Waals surface area contributed by atoms with Crippen LogP contribution in [0, 0.1) is 17.7 Å². The van der Waals surface area contributed by atoms with E-state index in [9.17, 15) is 19.1 Å². The first-order chi connectivity index (χ1) is 19.4. The van der Waals surface area contributed by atoms with E-state index >= 15 is 0 Å². The molecule has 0 spiro atoms. The van der Waals surface area contributed by atoms with Gasteiger partial charge in [-0.15, -0.1) is 0 Å². The summed E-state index contributed by atoms with van der Waals surface area (Å²) in [5.41, 5.74) is 3.61. The normalized spacial score (nSPS) is 19.0. The number of halogens is 1. The molecule has 0 aromatic heterocycles. The van der Waals surface area contributed by atoms with Gasteiger partial charge in [-0.2, -0.15) is 0 Å². The van der Waals surface area contributed by atoms with Gasteiger partial charge in [0.1, 0.15) is 5.82 Å². The van der Waals surface area contributed by atoms with E-state index in [1.165, 1.54) is 17.0 Å². The number of nitrogens with zero attached hydrogens (tertiary/aromatic N) is 2. The highest BCUT2D eigenvalue weighted by atomic mass is 19.1. The summed E-state index contributed by atoms with van der Waals surface area (Å²) >= 11 is 0. The fourth-order valence-corrected chi connectivity index (χ4v) is 5.90. The van der Waals surface area contributed by atoms with Crippen molar-refractivity contribution in [1.29, 1.82) is 0 Å². The van der Waals surface area contributed by atoms with E-state index in [0.29, 0.717) is 47.7 Å². The first kappa shape index (κ1) is 27.7. The minimum atomic E-state index is -1.18. The molecule has 3 unspecified atom stereocenters. The molecule has 208 valence electrons. The number of benzene rings is 3. The van der Waals surface area contributed by atoms with Crippen LogP contribution in [0.2, 0.25) is 0 Å². The van der Waals surface area contributed by atoms with Gasteiger partial charge in [0.25, 0.3) is 5.91 Å². The van der Waals surface area contributed by atoms with Crippen molar-refractivity contribution in [2.24, 2.45) is 16.8 Å². The fraction of sp³-hybridized carbons (Fsp3) is 0.364. The van der Waals surface area contributed by atoms with Crippen molar-refractivity contribution in [2.45, 2.75) is 57.2 Å². The number of para-hydroxylation sites is 1. The van der Waals surface area contributed by atoms with Crippen molar-refractivity contribution < 1.29 is 19.1 Å². The number of aliphatic hydroxyl groups is 1. The number of amides is 2. The number of nitrogens with one attached hydrogen (secondary N) is 1. The van der Waals surface area contributed by atoms with Gasteiger partial charge in [-0.1, -0.05) is 74.2 Å². The minimum Gasteiger partial charge on any atom is -0.392 e. The zero-order chi connectivity index (χ0) is 28.1. The van der Waals surface area contributed by atoms with Gasteiger partial charge in [0.2, 0.25) is 12.1 Å². The number of aliphatic imine (C=N–C) groups is 1. The summed E-state index contributed by atoms with van der Waals surface area (Å²) in [4.78, 5) is 33.7. The molecule has 3 atom stereocenters. The van der Waals surface area contributed by atoms with Crippen LogP contribution >= 0.6 is 0 Å². The minimum absolute atomic E-state index is 0.368. The number of fused-ring (bicyclic) bond motifs is 1. The number of aliphatic hydroxyl groups excluding tert-OH is 1. The van der Waals surface area contributed by atoms with Crippen molar-refractivity contribution >= 4 is 23.2 Å². The molecule has 2 amide bonds. The SMILES string of the molecule is CN1C(=O)C(NC(=O)C(CC2CCCC2)C(O)CCc2ccccc2)N=C(c2ccc(F)cc2)c2ccccc21. The van der Waals surface area contributed by atoms with Crippen molar-refractivity contribution in [1.82, 2.24) is 5.32 Å². The number of aryl methyl sites for hydroxylation is 1. The highest BCUT2D eigenvalue weighted by molar-refractivity contribution is 6.20. The van der Waals surface area contributed by atoms with Crippen molar-refractivity contribution in [2.75, 3.05) is 11.9 Å². The lowest BCUT2D eigenvalue weighted by Crippen LogP contribution is -2.49. The van der Waals surface area contributed by atoms with Crippen LogP contribution in [-0.4, -0.2) is 41.9 Å². The third-order valence-electron chi connectivity index (χ3n) is 8.17. The highest BCUT2D eigenvalue weighted by Gasteiger charge is 2.36. The maximum atomic E-state index is 13.8. The summed E-state index contributed by atoms with van der Waals surface area (Å²) in [7, 11) is 1.66. The molecule has 0 saturated heterocycles. The molecule has 2 N–H and O–H groups in total. The Bertz CT molecular complexity index is 1350. The van der Waals surface area contributed by atoms with Gasteiger partial charge in [-0.3, -0.25) is 9.59 Å². The molecule has 1 saturated carbocycles. The number of rotatable bonds is 9. The number of hydrogen-bond acceptors (Lipinski definition) is 4. The van der Waals surface area contributed by atoms with Gasteiger partial charge < -0.3 is 15.3 Å². The van der Waals surface area contributed by atoms with E-state index in [1.54, 1.807) is 19.2 Å². The van der Waals surface area contributed by atoms with Crippen LogP contribution in [0.1, 0.15) is 55.2 Å². The van der Waals surface area contributed by atoms with Gasteiger partial charge in [-0.25, -0.2) is 9.38 Å². The molecule has 1 aliphatic heterocycles. The highest BCUT2D eigenvalue weighted by Crippen LogP contribution is 2.33. The summed E-state index contributed by atoms with van der Waals surface area (Å²) in [6.45, 7) is 0. The summed E-state index contributed by atoms with van der Waals surface area (Å²) in [6, 6.07) is 23.2. The van der Waals surface area contributed by atoms with E-state index in [4.69, 9.17) is 4.99 Å². The van der Waals surface area contributed by atoms with Gasteiger partial charge in [-0.05, 0) is 61.1 Å². The Morgan fingerprint density at radius 2 is 1.70 bits per heavy atom. The van der Waals surface area contributed by atoms with Crippen LogP contribution in [-0.2, 0) is 16.0 Å². The second-order valence-electron chi connectivity index (χ2n) is 10.9. The standard InChI is InChI=1S/C33H36FN3O3/c1-37-28-14-8-7-13-26(28)30(24-16-18-25(34)19-17-24)35-31(33(37)40)36-32(39)27(21-23-11-5-6-12-23)29(38)20-15-22-9-3-2-4-10-22/h2-4,7-10,13-14,16-19,23,27,29,31,38H,5-6,11-12,15,20-21H2,1H3,(H,36,39). The van der Waals surface area contributed by atoms with E-state index in [-0.39, 0.29) is 17.6 Å². The zero-order valence-electron chi connectivity index (χ0n) is 22.8. The molecule has 1 aliphatic carbocycles. The molecule has 0 bridgehead atoms. The third-order valence-corrected chi connectivity index (χ3v) is 8.17. The van der Waals surface area contributed by atoms with E-state index in [0.717, 1.165) is 31.2 Å². The molecule has 6 nitrogen and oxygen atoms in total. The Morgan fingerprint density at radius 1 is 1.02 bits per heavy atom. The van der Waals surface area contributed by atoms with Crippen molar-refractivity contribution in [3.8, 4) is 0 Å². The van der Waals surface area contributed by atoms with Gasteiger partial charge in [0.15, 0.2) is 0 Å². The Kier molecular flexibility index (Phi) is 8.70. The zero-order valence-corrected chi connectivity index (χ0v) is 22.8. The molecule has 3 aromatic carbocycles. The lowest BCUT2D eigenvalue weighted by atomic mass is 9.86. The Labute approximate surface area is 234 Å². The number of hydrogen-bond donors (Lipinski definition) is 2. The van der Waals surface area contributed by atoms with E-state index < -0.39 is 18.2 Å². The van der Waals surface area contributed by atoms with Crippen LogP contribution in [0.5, 0.6) is 0 Å². The molecule has 0 radical (unpaired) electrons. The molecular formula is C33H36FN3O3.